The summed E-state index contributed by atoms with van der Waals surface area (Å²) in [5.41, 5.74) is 5.67. The zero-order valence-electron chi connectivity index (χ0n) is 12.4. The summed E-state index contributed by atoms with van der Waals surface area (Å²) in [5.74, 6) is 0.961. The van der Waals surface area contributed by atoms with Crippen LogP contribution in [0.5, 0.6) is 0 Å². The fourth-order valence-electron chi connectivity index (χ4n) is 2.28. The topological polar surface area (TPSA) is 49.6 Å². The van der Waals surface area contributed by atoms with Crippen LogP contribution in [-0.4, -0.2) is 54.0 Å². The molecular formula is C14H29N3O. The highest BCUT2D eigenvalue weighted by atomic mass is 16.2. The molecule has 1 heterocycles. The molecule has 0 saturated carbocycles. The highest BCUT2D eigenvalue weighted by molar-refractivity contribution is 5.76. The number of carbonyl (C=O) groups excluding carboxylic acids is 1. The van der Waals surface area contributed by atoms with Gasteiger partial charge in [0.1, 0.15) is 0 Å². The van der Waals surface area contributed by atoms with Crippen molar-refractivity contribution in [1.29, 1.82) is 0 Å². The molecule has 18 heavy (non-hydrogen) atoms. The average Bonchev–Trinajstić information content (AvgIpc) is 2.25. The van der Waals surface area contributed by atoms with Gasteiger partial charge in [0.25, 0.3) is 0 Å². The number of nitrogens with two attached hydrogens (primary N) is 1. The summed E-state index contributed by atoms with van der Waals surface area (Å²) >= 11 is 0. The van der Waals surface area contributed by atoms with Gasteiger partial charge < -0.3 is 10.6 Å². The van der Waals surface area contributed by atoms with E-state index in [2.05, 4.69) is 18.7 Å². The van der Waals surface area contributed by atoms with Crippen molar-refractivity contribution in [3.05, 3.63) is 0 Å². The number of hydrogen-bond donors (Lipinski definition) is 1. The molecule has 0 spiro atoms. The van der Waals surface area contributed by atoms with E-state index in [1.807, 2.05) is 18.7 Å². The van der Waals surface area contributed by atoms with Crippen LogP contribution in [0.4, 0.5) is 0 Å². The maximum absolute atomic E-state index is 12.0. The molecule has 0 bridgehead atoms. The Morgan fingerprint density at radius 2 is 1.78 bits per heavy atom. The third-order valence-electron chi connectivity index (χ3n) is 3.33. The maximum Gasteiger partial charge on any atom is 0.222 e. The monoisotopic (exact) mass is 255 g/mol. The number of amides is 1. The first-order valence-corrected chi connectivity index (χ1v) is 7.07. The third kappa shape index (κ3) is 5.83. The highest BCUT2D eigenvalue weighted by Crippen LogP contribution is 2.11. The summed E-state index contributed by atoms with van der Waals surface area (Å²) in [6.07, 6.45) is 1.34. The first-order chi connectivity index (χ1) is 8.28. The van der Waals surface area contributed by atoms with Crippen molar-refractivity contribution in [2.45, 2.75) is 46.1 Å². The van der Waals surface area contributed by atoms with E-state index in [9.17, 15) is 4.79 Å². The van der Waals surface area contributed by atoms with E-state index in [0.29, 0.717) is 12.3 Å². The smallest absolute Gasteiger partial charge is 0.222 e. The van der Waals surface area contributed by atoms with E-state index < -0.39 is 0 Å². The van der Waals surface area contributed by atoms with Crippen LogP contribution in [0.3, 0.4) is 0 Å². The average molecular weight is 255 g/mol. The van der Waals surface area contributed by atoms with Crippen molar-refractivity contribution >= 4 is 5.91 Å². The summed E-state index contributed by atoms with van der Waals surface area (Å²) in [6, 6.07) is 0. The lowest BCUT2D eigenvalue weighted by Gasteiger charge is -2.36. The summed E-state index contributed by atoms with van der Waals surface area (Å²) in [5, 5.41) is 0. The molecule has 0 aromatic rings. The lowest BCUT2D eigenvalue weighted by Crippen LogP contribution is -2.49. The third-order valence-corrected chi connectivity index (χ3v) is 3.33. The second kappa shape index (κ2) is 6.53. The van der Waals surface area contributed by atoms with Crippen molar-refractivity contribution in [3.8, 4) is 0 Å². The van der Waals surface area contributed by atoms with E-state index in [-0.39, 0.29) is 11.4 Å². The maximum atomic E-state index is 12.0. The second-order valence-corrected chi connectivity index (χ2v) is 6.56. The molecule has 0 radical (unpaired) electrons. The van der Waals surface area contributed by atoms with Crippen molar-refractivity contribution < 1.29 is 4.79 Å². The Morgan fingerprint density at radius 3 is 2.22 bits per heavy atom. The van der Waals surface area contributed by atoms with Gasteiger partial charge in [-0.2, -0.15) is 0 Å². The Balaban J connectivity index is 2.27. The van der Waals surface area contributed by atoms with Crippen LogP contribution in [0.15, 0.2) is 0 Å². The minimum absolute atomic E-state index is 0.241. The Morgan fingerprint density at radius 1 is 1.22 bits per heavy atom. The van der Waals surface area contributed by atoms with Gasteiger partial charge in [-0.1, -0.05) is 13.8 Å². The van der Waals surface area contributed by atoms with E-state index >= 15 is 0 Å². The number of nitrogens with zero attached hydrogens (tertiary/aromatic N) is 2. The van der Waals surface area contributed by atoms with Crippen LogP contribution in [0.25, 0.3) is 0 Å². The first kappa shape index (κ1) is 15.4. The predicted octanol–water partition coefficient (Wildman–Crippen LogP) is 1.30. The molecule has 1 fully saturated rings. The van der Waals surface area contributed by atoms with Crippen LogP contribution < -0.4 is 5.73 Å². The molecule has 1 saturated heterocycles. The number of hydrogen-bond acceptors (Lipinski definition) is 3. The van der Waals surface area contributed by atoms with Crippen molar-refractivity contribution in [2.24, 2.45) is 11.7 Å². The Labute approximate surface area is 111 Å². The molecule has 0 atom stereocenters. The van der Waals surface area contributed by atoms with Crippen molar-refractivity contribution in [1.82, 2.24) is 9.80 Å². The summed E-state index contributed by atoms with van der Waals surface area (Å²) in [6.45, 7) is 13.3. The minimum Gasteiger partial charge on any atom is -0.340 e. The highest BCUT2D eigenvalue weighted by Gasteiger charge is 2.22. The van der Waals surface area contributed by atoms with Crippen molar-refractivity contribution in [3.63, 3.8) is 0 Å². The molecule has 4 heteroatoms. The fourth-order valence-corrected chi connectivity index (χ4v) is 2.28. The molecule has 1 amide bonds. The molecule has 106 valence electrons. The Bertz CT molecular complexity index is 263. The van der Waals surface area contributed by atoms with Gasteiger partial charge in [0, 0.05) is 44.7 Å². The molecule has 0 aromatic carbocycles. The van der Waals surface area contributed by atoms with Gasteiger partial charge in [-0.05, 0) is 26.2 Å². The van der Waals surface area contributed by atoms with Crippen LogP contribution in [0.2, 0.25) is 0 Å². The lowest BCUT2D eigenvalue weighted by molar-refractivity contribution is -0.133. The SMILES string of the molecule is CC(C)CN1CCN(C(=O)CCC(C)(C)N)CC1. The molecule has 0 aliphatic carbocycles. The molecule has 1 rings (SSSR count). The Kier molecular flexibility index (Phi) is 5.60. The van der Waals surface area contributed by atoms with Gasteiger partial charge in [-0.25, -0.2) is 0 Å². The van der Waals surface area contributed by atoms with E-state index in [4.69, 9.17) is 5.73 Å². The number of carbonyl (C=O) groups is 1. The van der Waals surface area contributed by atoms with Crippen LogP contribution in [0.1, 0.15) is 40.5 Å². The van der Waals surface area contributed by atoms with E-state index in [1.165, 1.54) is 0 Å². The zero-order valence-corrected chi connectivity index (χ0v) is 12.4. The molecule has 1 aliphatic heterocycles. The molecule has 2 N–H and O–H groups in total. The molecule has 0 aromatic heterocycles. The molecular weight excluding hydrogens is 226 g/mol. The van der Waals surface area contributed by atoms with E-state index in [0.717, 1.165) is 39.1 Å². The van der Waals surface area contributed by atoms with Gasteiger partial charge in [0.2, 0.25) is 5.91 Å². The summed E-state index contributed by atoms with van der Waals surface area (Å²) < 4.78 is 0. The van der Waals surface area contributed by atoms with Crippen LogP contribution in [0, 0.1) is 5.92 Å². The van der Waals surface area contributed by atoms with Crippen LogP contribution >= 0.6 is 0 Å². The van der Waals surface area contributed by atoms with Gasteiger partial charge in [0.05, 0.1) is 0 Å². The Hall–Kier alpha value is -0.610. The fraction of sp³-hybridized carbons (Fsp3) is 0.929. The van der Waals surface area contributed by atoms with Gasteiger partial charge in [-0.3, -0.25) is 9.69 Å². The zero-order chi connectivity index (χ0) is 13.8. The van der Waals surface area contributed by atoms with Crippen LogP contribution in [-0.2, 0) is 4.79 Å². The largest absolute Gasteiger partial charge is 0.340 e. The molecule has 0 unspecified atom stereocenters. The second-order valence-electron chi connectivity index (χ2n) is 6.56. The number of piperazine rings is 1. The lowest BCUT2D eigenvalue weighted by atomic mass is 9.99. The van der Waals surface area contributed by atoms with E-state index in [1.54, 1.807) is 0 Å². The summed E-state index contributed by atoms with van der Waals surface area (Å²) in [7, 11) is 0. The van der Waals surface area contributed by atoms with Gasteiger partial charge in [-0.15, -0.1) is 0 Å². The normalized spacial score (nSPS) is 18.4. The minimum atomic E-state index is -0.241. The van der Waals surface area contributed by atoms with Gasteiger partial charge in [0.15, 0.2) is 0 Å². The van der Waals surface area contributed by atoms with Gasteiger partial charge >= 0.3 is 0 Å². The first-order valence-electron chi connectivity index (χ1n) is 7.07. The predicted molar refractivity (Wildman–Crippen MR) is 75.4 cm³/mol. The summed E-state index contributed by atoms with van der Waals surface area (Å²) in [4.78, 5) is 16.5. The number of rotatable bonds is 5. The molecule has 1 aliphatic rings. The quantitative estimate of drug-likeness (QED) is 0.805. The standard InChI is InChI=1S/C14H29N3O/c1-12(2)11-16-7-9-17(10-8-16)13(18)5-6-14(3,4)15/h12H,5-11,15H2,1-4H3. The van der Waals surface area contributed by atoms with Crippen molar-refractivity contribution in [2.75, 3.05) is 32.7 Å². The molecule has 4 nitrogen and oxygen atoms in total.